The van der Waals surface area contributed by atoms with Crippen LogP contribution in [0, 0.1) is 0 Å². The van der Waals surface area contributed by atoms with Crippen molar-refractivity contribution in [3.8, 4) is 17.1 Å². The molecule has 0 spiro atoms. The van der Waals surface area contributed by atoms with Crippen LogP contribution in [0.15, 0.2) is 47.0 Å². The lowest BCUT2D eigenvalue weighted by atomic mass is 9.62. The molecule has 1 aromatic heterocycles. The average molecular weight is 444 g/mol. The average Bonchev–Trinajstić information content (AvgIpc) is 3.20. The quantitative estimate of drug-likeness (QED) is 0.349. The Labute approximate surface area is 193 Å². The molecule has 3 aromatic carbocycles. The lowest BCUT2D eigenvalue weighted by Gasteiger charge is -2.42. The van der Waals surface area contributed by atoms with Gasteiger partial charge in [-0.15, -0.1) is 0 Å². The summed E-state index contributed by atoms with van der Waals surface area (Å²) in [4.78, 5) is 12.0. The summed E-state index contributed by atoms with van der Waals surface area (Å²) in [5, 5.41) is 17.9. The zero-order valence-corrected chi connectivity index (χ0v) is 19.8. The van der Waals surface area contributed by atoms with Crippen molar-refractivity contribution in [2.24, 2.45) is 0 Å². The standard InChI is InChI=1S/C28H29NO4/c1-6-32-26(31)17-9-7-16(8-10-17)25-20-15-23(30)18-13-21-22(14-19(18)24(20)29-33-25)28(4,5)12-11-27(21,2)3/h7-10,13-15,30H,6,11-12H2,1-5H3. The second-order valence-corrected chi connectivity index (χ2v) is 10.3. The fraction of sp³-hybridized carbons (Fsp3) is 0.357. The fourth-order valence-electron chi connectivity index (χ4n) is 5.04. The highest BCUT2D eigenvalue weighted by Crippen LogP contribution is 2.49. The van der Waals surface area contributed by atoms with Crippen molar-refractivity contribution in [2.75, 3.05) is 6.61 Å². The first kappa shape index (κ1) is 21.5. The summed E-state index contributed by atoms with van der Waals surface area (Å²) < 4.78 is 10.8. The maximum Gasteiger partial charge on any atom is 0.338 e. The molecule has 1 aliphatic carbocycles. The van der Waals surface area contributed by atoms with E-state index < -0.39 is 0 Å². The molecule has 5 nitrogen and oxygen atoms in total. The Morgan fingerprint density at radius 2 is 1.58 bits per heavy atom. The van der Waals surface area contributed by atoms with Crippen molar-refractivity contribution in [1.29, 1.82) is 0 Å². The van der Waals surface area contributed by atoms with Gasteiger partial charge < -0.3 is 14.4 Å². The second-order valence-electron chi connectivity index (χ2n) is 10.3. The number of esters is 1. The molecule has 1 N–H and O–H groups in total. The van der Waals surface area contributed by atoms with Crippen LogP contribution >= 0.6 is 0 Å². The van der Waals surface area contributed by atoms with Gasteiger partial charge in [-0.25, -0.2) is 4.79 Å². The summed E-state index contributed by atoms with van der Waals surface area (Å²) in [6.07, 6.45) is 2.22. The number of carbonyl (C=O) groups excluding carboxylic acids is 1. The molecule has 1 aliphatic rings. The number of ether oxygens (including phenoxy) is 1. The Morgan fingerprint density at radius 1 is 0.970 bits per heavy atom. The highest BCUT2D eigenvalue weighted by atomic mass is 16.5. The van der Waals surface area contributed by atoms with Gasteiger partial charge in [-0.2, -0.15) is 0 Å². The lowest BCUT2D eigenvalue weighted by molar-refractivity contribution is 0.0526. The van der Waals surface area contributed by atoms with Crippen LogP contribution in [0.1, 0.15) is 68.9 Å². The van der Waals surface area contributed by atoms with Gasteiger partial charge in [-0.05, 0) is 72.1 Å². The zero-order valence-electron chi connectivity index (χ0n) is 19.8. The molecule has 170 valence electrons. The predicted octanol–water partition coefficient (Wildman–Crippen LogP) is 6.88. The summed E-state index contributed by atoms with van der Waals surface area (Å²) in [5.41, 5.74) is 4.69. The Balaban J connectivity index is 1.69. The molecule has 0 aliphatic heterocycles. The van der Waals surface area contributed by atoms with Crippen LogP contribution in [0.4, 0.5) is 0 Å². The number of benzene rings is 3. The number of hydrogen-bond donors (Lipinski definition) is 1. The monoisotopic (exact) mass is 443 g/mol. The van der Waals surface area contributed by atoms with Crippen molar-refractivity contribution in [3.05, 3.63) is 59.2 Å². The molecule has 0 saturated heterocycles. The molecule has 0 atom stereocenters. The van der Waals surface area contributed by atoms with Crippen molar-refractivity contribution < 1.29 is 19.2 Å². The second kappa shape index (κ2) is 7.34. The fourth-order valence-corrected chi connectivity index (χ4v) is 5.04. The summed E-state index contributed by atoms with van der Waals surface area (Å²) in [7, 11) is 0. The Hall–Kier alpha value is -3.34. The lowest BCUT2D eigenvalue weighted by Crippen LogP contribution is -2.33. The van der Waals surface area contributed by atoms with Crippen LogP contribution in [0.3, 0.4) is 0 Å². The summed E-state index contributed by atoms with van der Waals surface area (Å²) in [6.45, 7) is 11.2. The number of phenolic OH excluding ortho intramolecular Hbond substituents is 1. The molecule has 0 amide bonds. The number of rotatable bonds is 3. The molecular formula is C28H29NO4. The first-order valence-corrected chi connectivity index (χ1v) is 11.5. The van der Waals surface area contributed by atoms with Gasteiger partial charge in [-0.3, -0.25) is 0 Å². The van der Waals surface area contributed by atoms with Gasteiger partial charge in [0.05, 0.1) is 17.6 Å². The van der Waals surface area contributed by atoms with E-state index in [9.17, 15) is 9.90 Å². The first-order chi connectivity index (χ1) is 15.6. The number of aromatic nitrogens is 1. The largest absolute Gasteiger partial charge is 0.507 e. The minimum Gasteiger partial charge on any atom is -0.507 e. The normalized spacial score (nSPS) is 16.6. The Bertz CT molecular complexity index is 1390. The third-order valence-electron chi connectivity index (χ3n) is 7.19. The van der Waals surface area contributed by atoms with Gasteiger partial charge >= 0.3 is 5.97 Å². The molecule has 0 unspecified atom stereocenters. The van der Waals surface area contributed by atoms with Crippen LogP contribution in [0.25, 0.3) is 33.0 Å². The molecule has 1 heterocycles. The van der Waals surface area contributed by atoms with E-state index in [2.05, 4.69) is 45.0 Å². The molecule has 5 rings (SSSR count). The molecule has 0 bridgehead atoms. The number of hydrogen-bond acceptors (Lipinski definition) is 5. The maximum atomic E-state index is 12.0. The molecule has 33 heavy (non-hydrogen) atoms. The van der Waals surface area contributed by atoms with Gasteiger partial charge in [0.15, 0.2) is 5.76 Å². The SMILES string of the molecule is CCOC(=O)c1ccc(-c2onc3c2cc(O)c2cc4c(cc23)C(C)(C)CCC4(C)C)cc1. The molecular weight excluding hydrogens is 414 g/mol. The van der Waals surface area contributed by atoms with Crippen LogP contribution in [-0.4, -0.2) is 22.8 Å². The van der Waals surface area contributed by atoms with Gasteiger partial charge in [0.1, 0.15) is 11.3 Å². The van der Waals surface area contributed by atoms with Gasteiger partial charge in [0.2, 0.25) is 0 Å². The van der Waals surface area contributed by atoms with E-state index in [4.69, 9.17) is 9.26 Å². The molecule has 0 saturated carbocycles. The zero-order chi connectivity index (χ0) is 23.5. The van der Waals surface area contributed by atoms with E-state index in [0.717, 1.165) is 40.1 Å². The van der Waals surface area contributed by atoms with E-state index in [1.807, 2.05) is 12.1 Å². The Kier molecular flexibility index (Phi) is 4.78. The van der Waals surface area contributed by atoms with Crippen molar-refractivity contribution in [3.63, 3.8) is 0 Å². The van der Waals surface area contributed by atoms with Crippen molar-refractivity contribution >= 4 is 27.6 Å². The number of aromatic hydroxyl groups is 1. The highest BCUT2D eigenvalue weighted by molar-refractivity contribution is 6.12. The van der Waals surface area contributed by atoms with E-state index in [1.165, 1.54) is 11.1 Å². The third kappa shape index (κ3) is 3.38. The van der Waals surface area contributed by atoms with Crippen molar-refractivity contribution in [1.82, 2.24) is 5.16 Å². The van der Waals surface area contributed by atoms with Crippen molar-refractivity contribution in [2.45, 2.75) is 58.3 Å². The van der Waals surface area contributed by atoms with Crippen LogP contribution in [0.2, 0.25) is 0 Å². The minimum atomic E-state index is -0.356. The topological polar surface area (TPSA) is 72.6 Å². The number of fused-ring (bicyclic) bond motifs is 4. The van der Waals surface area contributed by atoms with E-state index in [0.29, 0.717) is 17.9 Å². The Morgan fingerprint density at radius 3 is 2.18 bits per heavy atom. The number of carbonyl (C=O) groups is 1. The van der Waals surface area contributed by atoms with Gasteiger partial charge in [0, 0.05) is 16.3 Å². The number of phenols is 1. The molecule has 0 fully saturated rings. The summed E-state index contributed by atoms with van der Waals surface area (Å²) in [5.74, 6) is 0.424. The minimum absolute atomic E-state index is 0.0479. The van der Waals surface area contributed by atoms with Gasteiger partial charge in [-0.1, -0.05) is 45.0 Å². The van der Waals surface area contributed by atoms with Crippen LogP contribution in [-0.2, 0) is 15.6 Å². The smallest absolute Gasteiger partial charge is 0.338 e. The molecule has 0 radical (unpaired) electrons. The first-order valence-electron chi connectivity index (χ1n) is 11.5. The van der Waals surface area contributed by atoms with Gasteiger partial charge in [0.25, 0.3) is 0 Å². The summed E-state index contributed by atoms with van der Waals surface area (Å²) in [6, 6.07) is 13.1. The molecule has 5 heteroatoms. The number of nitrogens with zero attached hydrogens (tertiary/aromatic N) is 1. The van der Waals surface area contributed by atoms with E-state index >= 15 is 0 Å². The predicted molar refractivity (Wildman–Crippen MR) is 130 cm³/mol. The van der Waals surface area contributed by atoms with Crippen LogP contribution in [0.5, 0.6) is 5.75 Å². The summed E-state index contributed by atoms with van der Waals surface area (Å²) >= 11 is 0. The maximum absolute atomic E-state index is 12.0. The van der Waals surface area contributed by atoms with Crippen LogP contribution < -0.4 is 0 Å². The molecule has 4 aromatic rings. The third-order valence-corrected chi connectivity index (χ3v) is 7.19. The van der Waals surface area contributed by atoms with E-state index in [1.54, 1.807) is 25.1 Å². The van der Waals surface area contributed by atoms with E-state index in [-0.39, 0.29) is 22.5 Å². The highest BCUT2D eigenvalue weighted by Gasteiger charge is 2.37.